The highest BCUT2D eigenvalue weighted by atomic mass is 16.6. The third-order valence-electron chi connectivity index (χ3n) is 2.63. The number of benzene rings is 1. The standard InChI is InChI=1S/C13H12N4O3/c1-9(2)16-8-12(7-15-16)20-13-4-3-11(17(18)19)5-10(13)6-14/h3-5,7-9H,1-2H3. The van der Waals surface area contributed by atoms with E-state index in [4.69, 9.17) is 10.00 Å². The molecular weight excluding hydrogens is 260 g/mol. The summed E-state index contributed by atoms with van der Waals surface area (Å²) in [4.78, 5) is 10.1. The highest BCUT2D eigenvalue weighted by Crippen LogP contribution is 2.28. The fraction of sp³-hybridized carbons (Fsp3) is 0.231. The molecule has 1 aromatic carbocycles. The first-order chi connectivity index (χ1) is 9.51. The number of non-ortho nitro benzene ring substituents is 1. The van der Waals surface area contributed by atoms with Gasteiger partial charge in [0.15, 0.2) is 5.75 Å². The van der Waals surface area contributed by atoms with E-state index < -0.39 is 4.92 Å². The smallest absolute Gasteiger partial charge is 0.271 e. The van der Waals surface area contributed by atoms with Crippen molar-refractivity contribution in [2.45, 2.75) is 19.9 Å². The van der Waals surface area contributed by atoms with Gasteiger partial charge in [0.05, 0.1) is 17.3 Å². The lowest BCUT2D eigenvalue weighted by Gasteiger charge is -2.05. The molecule has 0 N–H and O–H groups in total. The minimum atomic E-state index is -0.554. The predicted octanol–water partition coefficient (Wildman–Crippen LogP) is 3.04. The fourth-order valence-corrected chi connectivity index (χ4v) is 1.59. The van der Waals surface area contributed by atoms with Crippen molar-refractivity contribution in [3.63, 3.8) is 0 Å². The number of hydrogen-bond donors (Lipinski definition) is 0. The van der Waals surface area contributed by atoms with E-state index in [9.17, 15) is 10.1 Å². The van der Waals surface area contributed by atoms with E-state index in [1.165, 1.54) is 24.4 Å². The lowest BCUT2D eigenvalue weighted by molar-refractivity contribution is -0.384. The summed E-state index contributed by atoms with van der Waals surface area (Å²) in [6.45, 7) is 3.95. The van der Waals surface area contributed by atoms with Crippen LogP contribution < -0.4 is 4.74 Å². The number of nitro benzene ring substituents is 1. The lowest BCUT2D eigenvalue weighted by Crippen LogP contribution is -1.99. The van der Waals surface area contributed by atoms with Gasteiger partial charge in [0.1, 0.15) is 17.4 Å². The number of hydrogen-bond acceptors (Lipinski definition) is 5. The molecule has 20 heavy (non-hydrogen) atoms. The molecule has 0 aliphatic heterocycles. The van der Waals surface area contributed by atoms with Gasteiger partial charge in [-0.1, -0.05) is 0 Å². The average molecular weight is 272 g/mol. The summed E-state index contributed by atoms with van der Waals surface area (Å²) in [5.74, 6) is 0.741. The maximum absolute atomic E-state index is 10.7. The zero-order chi connectivity index (χ0) is 14.7. The van der Waals surface area contributed by atoms with E-state index in [2.05, 4.69) is 5.10 Å². The number of aromatic nitrogens is 2. The summed E-state index contributed by atoms with van der Waals surface area (Å²) in [6, 6.07) is 5.96. The molecule has 0 aliphatic rings. The lowest BCUT2D eigenvalue weighted by atomic mass is 10.2. The molecule has 0 aliphatic carbocycles. The minimum absolute atomic E-state index is 0.108. The molecule has 0 unspecified atom stereocenters. The third-order valence-corrected chi connectivity index (χ3v) is 2.63. The predicted molar refractivity (Wildman–Crippen MR) is 70.5 cm³/mol. The molecule has 1 aromatic heterocycles. The number of nitrogens with zero attached hydrogens (tertiary/aromatic N) is 4. The molecule has 2 aromatic rings. The normalized spacial score (nSPS) is 10.3. The maximum atomic E-state index is 10.7. The topological polar surface area (TPSA) is 94.0 Å². The Bertz CT molecular complexity index is 685. The Balaban J connectivity index is 2.29. The van der Waals surface area contributed by atoms with Gasteiger partial charge in [-0.15, -0.1) is 0 Å². The summed E-state index contributed by atoms with van der Waals surface area (Å²) in [5, 5.41) is 23.8. The Labute approximate surface area is 115 Å². The van der Waals surface area contributed by atoms with Crippen LogP contribution in [0.2, 0.25) is 0 Å². The second-order valence-electron chi connectivity index (χ2n) is 4.40. The molecule has 0 atom stereocenters. The van der Waals surface area contributed by atoms with Gasteiger partial charge in [-0.2, -0.15) is 10.4 Å². The zero-order valence-electron chi connectivity index (χ0n) is 11.0. The van der Waals surface area contributed by atoms with Crippen LogP contribution in [0.1, 0.15) is 25.5 Å². The highest BCUT2D eigenvalue weighted by molar-refractivity contribution is 5.51. The molecule has 0 saturated heterocycles. The minimum Gasteiger partial charge on any atom is -0.453 e. The van der Waals surface area contributed by atoms with Crippen LogP contribution in [0.3, 0.4) is 0 Å². The molecule has 0 fully saturated rings. The molecule has 2 rings (SSSR count). The second-order valence-corrected chi connectivity index (χ2v) is 4.40. The molecule has 0 amide bonds. The number of rotatable bonds is 4. The summed E-state index contributed by atoms with van der Waals surface area (Å²) < 4.78 is 7.25. The molecular formula is C13H12N4O3. The van der Waals surface area contributed by atoms with Gasteiger partial charge in [0, 0.05) is 18.2 Å². The van der Waals surface area contributed by atoms with E-state index in [0.717, 1.165) is 0 Å². The first-order valence-electron chi connectivity index (χ1n) is 5.92. The van der Waals surface area contributed by atoms with Crippen molar-refractivity contribution >= 4 is 5.69 Å². The average Bonchev–Trinajstić information content (AvgIpc) is 2.87. The van der Waals surface area contributed by atoms with Crippen LogP contribution >= 0.6 is 0 Å². The van der Waals surface area contributed by atoms with E-state index in [0.29, 0.717) is 5.75 Å². The Morgan fingerprint density at radius 3 is 2.80 bits per heavy atom. The third kappa shape index (κ3) is 2.75. The SMILES string of the molecule is CC(C)n1cc(Oc2ccc([N+](=O)[O-])cc2C#N)cn1. The van der Waals surface area contributed by atoms with Gasteiger partial charge in [0.2, 0.25) is 0 Å². The largest absolute Gasteiger partial charge is 0.453 e. The quantitative estimate of drug-likeness (QED) is 0.629. The monoisotopic (exact) mass is 272 g/mol. The fourth-order valence-electron chi connectivity index (χ4n) is 1.59. The molecule has 0 bridgehead atoms. The van der Waals surface area contributed by atoms with E-state index in [-0.39, 0.29) is 23.0 Å². The Morgan fingerprint density at radius 2 is 2.25 bits per heavy atom. The van der Waals surface area contributed by atoms with Crippen LogP contribution in [0, 0.1) is 21.4 Å². The summed E-state index contributed by atoms with van der Waals surface area (Å²) in [6.07, 6.45) is 3.23. The van der Waals surface area contributed by atoms with Gasteiger partial charge in [0.25, 0.3) is 5.69 Å². The van der Waals surface area contributed by atoms with Crippen molar-refractivity contribution in [1.82, 2.24) is 9.78 Å². The van der Waals surface area contributed by atoms with Crippen LogP contribution in [-0.4, -0.2) is 14.7 Å². The Kier molecular flexibility index (Phi) is 3.66. The Hall–Kier alpha value is -2.88. The summed E-state index contributed by atoms with van der Waals surface area (Å²) >= 11 is 0. The van der Waals surface area contributed by atoms with Crippen molar-refractivity contribution in [3.05, 3.63) is 46.3 Å². The van der Waals surface area contributed by atoms with Crippen molar-refractivity contribution in [2.24, 2.45) is 0 Å². The molecule has 7 heteroatoms. The molecule has 0 radical (unpaired) electrons. The van der Waals surface area contributed by atoms with E-state index in [1.54, 1.807) is 10.9 Å². The molecule has 0 spiro atoms. The molecule has 102 valence electrons. The number of nitriles is 1. The van der Waals surface area contributed by atoms with Crippen LogP contribution in [0.25, 0.3) is 0 Å². The van der Waals surface area contributed by atoms with Crippen LogP contribution in [0.4, 0.5) is 5.69 Å². The van der Waals surface area contributed by atoms with Crippen molar-refractivity contribution in [1.29, 1.82) is 5.26 Å². The highest BCUT2D eigenvalue weighted by Gasteiger charge is 2.13. The maximum Gasteiger partial charge on any atom is 0.271 e. The molecule has 7 nitrogen and oxygen atoms in total. The zero-order valence-corrected chi connectivity index (χ0v) is 11.0. The van der Waals surface area contributed by atoms with Crippen LogP contribution in [-0.2, 0) is 0 Å². The summed E-state index contributed by atoms with van der Waals surface area (Å²) in [5.41, 5.74) is -0.0386. The van der Waals surface area contributed by atoms with Gasteiger partial charge in [-0.25, -0.2) is 0 Å². The molecule has 0 saturated carbocycles. The number of nitro groups is 1. The van der Waals surface area contributed by atoms with Gasteiger partial charge < -0.3 is 4.74 Å². The van der Waals surface area contributed by atoms with Crippen molar-refractivity contribution in [3.8, 4) is 17.6 Å². The Morgan fingerprint density at radius 1 is 1.50 bits per heavy atom. The van der Waals surface area contributed by atoms with Crippen molar-refractivity contribution in [2.75, 3.05) is 0 Å². The van der Waals surface area contributed by atoms with Gasteiger partial charge in [-0.3, -0.25) is 14.8 Å². The second kappa shape index (κ2) is 5.40. The molecule has 1 heterocycles. The first kappa shape index (κ1) is 13.5. The van der Waals surface area contributed by atoms with Crippen LogP contribution in [0.5, 0.6) is 11.5 Å². The van der Waals surface area contributed by atoms with E-state index >= 15 is 0 Å². The van der Waals surface area contributed by atoms with Gasteiger partial charge >= 0.3 is 0 Å². The summed E-state index contributed by atoms with van der Waals surface area (Å²) in [7, 11) is 0. The van der Waals surface area contributed by atoms with Crippen LogP contribution in [0.15, 0.2) is 30.6 Å². The first-order valence-corrected chi connectivity index (χ1v) is 5.92. The number of ether oxygens (including phenoxy) is 1. The van der Waals surface area contributed by atoms with E-state index in [1.807, 2.05) is 19.9 Å². The van der Waals surface area contributed by atoms with Crippen molar-refractivity contribution < 1.29 is 9.66 Å². The van der Waals surface area contributed by atoms with Gasteiger partial charge in [-0.05, 0) is 19.9 Å².